The number of para-hydroxylation sites is 2. The number of aromatic hydroxyl groups is 1. The van der Waals surface area contributed by atoms with E-state index < -0.39 is 16.8 Å². The van der Waals surface area contributed by atoms with Crippen molar-refractivity contribution in [2.24, 2.45) is 0 Å². The molecule has 1 amide bonds. The van der Waals surface area contributed by atoms with Gasteiger partial charge >= 0.3 is 11.7 Å². The number of fused-ring (bicyclic) bond motifs is 1. The van der Waals surface area contributed by atoms with E-state index in [0.29, 0.717) is 47.4 Å². The largest absolute Gasteiger partial charge is 0.506 e. The molecule has 0 bridgehead atoms. The second kappa shape index (κ2) is 23.7. The smallest absolute Gasteiger partial charge is 0.315 e. The standard InChI is InChI=1S/C45H54N4O9S/c1-3-5-6-7-8-9-10-11-12-13-14-19-27-55-38-23-18-17-22-36(38)46-44(52)35-29-40(33-20-15-16-21-34(33)43(35)51)57-39-25-24-32(28-37(39)49(53)54)31-59-45-48-47-41(58-45)30-42(50)56-26-4-2/h15-18,20-25,28-29,51H,3-14,19,26-27,30-31H2,1-2H3,(H,46,52). The predicted molar refractivity (Wildman–Crippen MR) is 229 cm³/mol. The van der Waals surface area contributed by atoms with E-state index in [0.717, 1.165) is 24.6 Å². The molecule has 5 aromatic rings. The highest BCUT2D eigenvalue weighted by Crippen LogP contribution is 2.41. The number of phenols is 1. The third kappa shape index (κ3) is 13.7. The van der Waals surface area contributed by atoms with Crippen molar-refractivity contribution in [2.75, 3.05) is 18.5 Å². The number of rotatable bonds is 26. The fourth-order valence-corrected chi connectivity index (χ4v) is 7.22. The quantitative estimate of drug-likeness (QED) is 0.0178. The lowest BCUT2D eigenvalue weighted by Gasteiger charge is -2.16. The van der Waals surface area contributed by atoms with E-state index in [4.69, 9.17) is 18.6 Å². The van der Waals surface area contributed by atoms with E-state index in [2.05, 4.69) is 22.4 Å². The van der Waals surface area contributed by atoms with Crippen LogP contribution in [0.4, 0.5) is 11.4 Å². The first kappa shape index (κ1) is 44.5. The summed E-state index contributed by atoms with van der Waals surface area (Å²) in [4.78, 5) is 37.4. The van der Waals surface area contributed by atoms with Gasteiger partial charge in [0.2, 0.25) is 11.6 Å². The van der Waals surface area contributed by atoms with E-state index >= 15 is 0 Å². The van der Waals surface area contributed by atoms with E-state index in [1.807, 2.05) is 13.0 Å². The number of ether oxygens (including phenoxy) is 3. The molecule has 13 nitrogen and oxygen atoms in total. The van der Waals surface area contributed by atoms with Gasteiger partial charge in [0.1, 0.15) is 23.7 Å². The van der Waals surface area contributed by atoms with Gasteiger partial charge in [0.15, 0.2) is 0 Å². The van der Waals surface area contributed by atoms with Crippen LogP contribution in [0.1, 0.15) is 119 Å². The summed E-state index contributed by atoms with van der Waals surface area (Å²) < 4.78 is 22.8. The minimum Gasteiger partial charge on any atom is -0.506 e. The number of aromatic nitrogens is 2. The Labute approximate surface area is 349 Å². The second-order valence-electron chi connectivity index (χ2n) is 14.3. The van der Waals surface area contributed by atoms with Crippen molar-refractivity contribution in [3.63, 3.8) is 0 Å². The van der Waals surface area contributed by atoms with Crippen LogP contribution in [0.3, 0.4) is 0 Å². The predicted octanol–water partition coefficient (Wildman–Crippen LogP) is 11.7. The Morgan fingerprint density at radius 2 is 1.46 bits per heavy atom. The highest BCUT2D eigenvalue weighted by Gasteiger charge is 2.23. The van der Waals surface area contributed by atoms with Crippen LogP contribution in [0.5, 0.6) is 23.0 Å². The number of nitrogens with one attached hydrogen (secondary N) is 1. The van der Waals surface area contributed by atoms with E-state index in [-0.39, 0.29) is 51.8 Å². The fourth-order valence-electron chi connectivity index (χ4n) is 6.50. The molecule has 59 heavy (non-hydrogen) atoms. The van der Waals surface area contributed by atoms with E-state index in [1.165, 1.54) is 82.4 Å². The summed E-state index contributed by atoms with van der Waals surface area (Å²) in [5.74, 6) is -0.383. The van der Waals surface area contributed by atoms with Crippen molar-refractivity contribution < 1.29 is 38.2 Å². The molecule has 0 fully saturated rings. The topological polar surface area (TPSA) is 176 Å². The summed E-state index contributed by atoms with van der Waals surface area (Å²) in [6.07, 6.45) is 15.5. The first-order valence-corrected chi connectivity index (χ1v) is 21.6. The number of carbonyl (C=O) groups excluding carboxylic acids is 2. The molecule has 5 rings (SSSR count). The summed E-state index contributed by atoms with van der Waals surface area (Å²) in [6.45, 7) is 4.95. The number of nitro benzene ring substituents is 1. The van der Waals surface area contributed by atoms with Gasteiger partial charge in [-0.3, -0.25) is 19.7 Å². The van der Waals surface area contributed by atoms with Gasteiger partial charge in [-0.2, -0.15) is 0 Å². The van der Waals surface area contributed by atoms with Crippen molar-refractivity contribution in [1.29, 1.82) is 0 Å². The molecule has 1 aromatic heterocycles. The summed E-state index contributed by atoms with van der Waals surface area (Å²) in [7, 11) is 0. The number of esters is 1. The third-order valence-corrected chi connectivity index (χ3v) is 10.5. The first-order valence-electron chi connectivity index (χ1n) is 20.6. The number of unbranched alkanes of at least 4 members (excludes halogenated alkanes) is 11. The molecule has 0 aliphatic heterocycles. The molecular weight excluding hydrogens is 773 g/mol. The zero-order valence-corrected chi connectivity index (χ0v) is 34.7. The summed E-state index contributed by atoms with van der Waals surface area (Å²) in [5.41, 5.74) is 0.631. The minimum absolute atomic E-state index is 0.0619. The molecule has 4 aromatic carbocycles. The number of carbonyl (C=O) groups is 2. The number of thioether (sulfide) groups is 1. The van der Waals surface area contributed by atoms with Gasteiger partial charge in [0.05, 0.1) is 29.4 Å². The summed E-state index contributed by atoms with van der Waals surface area (Å²) in [5, 5.41) is 35.3. The van der Waals surface area contributed by atoms with Crippen LogP contribution < -0.4 is 14.8 Å². The Hall–Kier alpha value is -5.63. The molecule has 2 N–H and O–H groups in total. The Bertz CT molecular complexity index is 2140. The zero-order chi connectivity index (χ0) is 41.8. The molecule has 0 radical (unpaired) electrons. The Morgan fingerprint density at radius 1 is 0.780 bits per heavy atom. The Kier molecular flexibility index (Phi) is 17.9. The lowest BCUT2D eigenvalue weighted by Crippen LogP contribution is -2.14. The molecule has 0 aliphatic rings. The van der Waals surface area contributed by atoms with Crippen LogP contribution >= 0.6 is 11.8 Å². The molecule has 14 heteroatoms. The Balaban J connectivity index is 1.21. The number of amides is 1. The van der Waals surface area contributed by atoms with Crippen LogP contribution in [0.25, 0.3) is 10.8 Å². The number of hydrogen-bond acceptors (Lipinski definition) is 12. The summed E-state index contributed by atoms with van der Waals surface area (Å²) in [6, 6.07) is 19.8. The lowest BCUT2D eigenvalue weighted by atomic mass is 10.0. The van der Waals surface area contributed by atoms with Gasteiger partial charge in [-0.15, -0.1) is 10.2 Å². The number of hydrogen-bond donors (Lipinski definition) is 2. The molecule has 314 valence electrons. The Morgan fingerprint density at radius 3 is 2.17 bits per heavy atom. The highest BCUT2D eigenvalue weighted by atomic mass is 32.2. The number of nitro groups is 1. The molecular formula is C45H54N4O9S. The average molecular weight is 827 g/mol. The molecule has 1 heterocycles. The molecule has 0 atom stereocenters. The van der Waals surface area contributed by atoms with Crippen molar-refractivity contribution in [2.45, 2.75) is 115 Å². The van der Waals surface area contributed by atoms with Gasteiger partial charge in [-0.25, -0.2) is 0 Å². The molecule has 0 aliphatic carbocycles. The van der Waals surface area contributed by atoms with Gasteiger partial charge in [0.25, 0.3) is 11.1 Å². The normalized spacial score (nSPS) is 11.1. The molecule has 0 saturated carbocycles. The zero-order valence-electron chi connectivity index (χ0n) is 33.9. The SMILES string of the molecule is CCCCCCCCCCCCCCOc1ccccc1NC(=O)c1cc(Oc2ccc(CSc3nnc(CC(=O)OCCC)o3)cc2[N+](=O)[O-])c2ccccc2c1O. The van der Waals surface area contributed by atoms with Gasteiger partial charge in [-0.05, 0) is 42.7 Å². The maximum atomic E-state index is 13.8. The van der Waals surface area contributed by atoms with E-state index in [9.17, 15) is 24.8 Å². The maximum absolute atomic E-state index is 13.8. The molecule has 0 saturated heterocycles. The second-order valence-corrected chi connectivity index (χ2v) is 15.2. The first-order chi connectivity index (χ1) is 28.8. The fraction of sp³-hybridized carbons (Fsp3) is 0.422. The van der Waals surface area contributed by atoms with Crippen LogP contribution in [0, 0.1) is 10.1 Å². The van der Waals surface area contributed by atoms with Crippen molar-refractivity contribution in [1.82, 2.24) is 10.2 Å². The van der Waals surface area contributed by atoms with Crippen molar-refractivity contribution in [3.8, 4) is 23.0 Å². The van der Waals surface area contributed by atoms with Crippen LogP contribution in [-0.4, -0.2) is 45.3 Å². The monoisotopic (exact) mass is 826 g/mol. The van der Waals surface area contributed by atoms with Crippen LogP contribution in [0.15, 0.2) is 82.4 Å². The van der Waals surface area contributed by atoms with E-state index in [1.54, 1.807) is 48.5 Å². The number of benzene rings is 4. The summed E-state index contributed by atoms with van der Waals surface area (Å²) >= 11 is 1.15. The van der Waals surface area contributed by atoms with Gasteiger partial charge in [0, 0.05) is 22.6 Å². The van der Waals surface area contributed by atoms with Crippen LogP contribution in [-0.2, 0) is 21.7 Å². The number of anilines is 1. The lowest BCUT2D eigenvalue weighted by molar-refractivity contribution is -0.385. The number of nitrogens with zero attached hydrogens (tertiary/aromatic N) is 3. The third-order valence-electron chi connectivity index (χ3n) is 9.63. The average Bonchev–Trinajstić information content (AvgIpc) is 3.69. The van der Waals surface area contributed by atoms with Crippen molar-refractivity contribution >= 4 is 45.8 Å². The maximum Gasteiger partial charge on any atom is 0.315 e. The minimum atomic E-state index is -0.608. The van der Waals surface area contributed by atoms with Crippen molar-refractivity contribution in [3.05, 3.63) is 99.9 Å². The van der Waals surface area contributed by atoms with Crippen LogP contribution in [0.2, 0.25) is 0 Å². The number of phenolic OH excluding ortho intramolecular Hbond substituents is 1. The van der Waals surface area contributed by atoms with Gasteiger partial charge < -0.3 is 29.1 Å². The van der Waals surface area contributed by atoms with Gasteiger partial charge in [-0.1, -0.05) is 139 Å². The molecule has 0 unspecified atom stereocenters. The molecule has 0 spiro atoms. The highest BCUT2D eigenvalue weighted by molar-refractivity contribution is 7.98.